The normalized spacial score (nSPS) is 10.5. The Bertz CT molecular complexity index is 955. The maximum atomic E-state index is 12.4. The largest absolute Gasteiger partial charge is 0.379 e. The van der Waals surface area contributed by atoms with Crippen molar-refractivity contribution in [3.05, 3.63) is 82.7 Å². The molecule has 1 N–H and O–H groups in total. The molecule has 0 fully saturated rings. The molecule has 0 aliphatic carbocycles. The zero-order chi connectivity index (χ0) is 19.9. The summed E-state index contributed by atoms with van der Waals surface area (Å²) in [7, 11) is 1.73. The predicted molar refractivity (Wildman–Crippen MR) is 106 cm³/mol. The maximum Gasteiger partial charge on any atom is 0.292 e. The fourth-order valence-electron chi connectivity index (χ4n) is 2.80. The number of hydrogen-bond donors (Lipinski definition) is 1. The number of nitro benzene ring substituents is 1. The van der Waals surface area contributed by atoms with Gasteiger partial charge in [-0.25, -0.2) is 4.68 Å². The van der Waals surface area contributed by atoms with E-state index in [-0.39, 0.29) is 18.0 Å². The molecule has 0 saturated heterocycles. The fourth-order valence-corrected chi connectivity index (χ4v) is 2.80. The topological polar surface area (TPSA) is 93.3 Å². The number of nitrogens with one attached hydrogen (secondary N) is 1. The smallest absolute Gasteiger partial charge is 0.292 e. The van der Waals surface area contributed by atoms with Gasteiger partial charge in [0.15, 0.2) is 0 Å². The van der Waals surface area contributed by atoms with E-state index in [0.29, 0.717) is 18.8 Å². The first kappa shape index (κ1) is 19.1. The second-order valence-electron chi connectivity index (χ2n) is 6.33. The van der Waals surface area contributed by atoms with Crippen LogP contribution >= 0.6 is 0 Å². The summed E-state index contributed by atoms with van der Waals surface area (Å²) in [5.41, 5.74) is 2.28. The van der Waals surface area contributed by atoms with Gasteiger partial charge in [-0.15, -0.1) is 0 Å². The van der Waals surface area contributed by atoms with E-state index in [0.717, 1.165) is 11.3 Å². The highest BCUT2D eigenvalue weighted by Crippen LogP contribution is 2.23. The van der Waals surface area contributed by atoms with Gasteiger partial charge >= 0.3 is 0 Å². The zero-order valence-corrected chi connectivity index (χ0v) is 15.5. The van der Waals surface area contributed by atoms with Gasteiger partial charge in [0.05, 0.1) is 16.8 Å². The Balaban J connectivity index is 1.52. The number of para-hydroxylation sites is 3. The quantitative estimate of drug-likeness (QED) is 0.479. The standard InChI is InChI=1S/C20H21N5O3/c1-23(14-16-13-22-24(15-16)17-7-3-2-4-8-17)20(26)11-12-21-18-9-5-6-10-19(18)25(27)28/h2-10,13,15,21H,11-12,14H2,1H3. The van der Waals surface area contributed by atoms with E-state index in [1.165, 1.54) is 6.07 Å². The minimum atomic E-state index is -0.444. The summed E-state index contributed by atoms with van der Waals surface area (Å²) >= 11 is 0. The van der Waals surface area contributed by atoms with Crippen LogP contribution in [0.4, 0.5) is 11.4 Å². The molecule has 1 heterocycles. The lowest BCUT2D eigenvalue weighted by Crippen LogP contribution is -2.27. The maximum absolute atomic E-state index is 12.4. The lowest BCUT2D eigenvalue weighted by Gasteiger charge is -2.16. The number of carbonyl (C=O) groups is 1. The van der Waals surface area contributed by atoms with E-state index >= 15 is 0 Å². The summed E-state index contributed by atoms with van der Waals surface area (Å²) in [5, 5.41) is 18.3. The molecule has 0 saturated carbocycles. The van der Waals surface area contributed by atoms with Crippen LogP contribution in [0.15, 0.2) is 67.0 Å². The summed E-state index contributed by atoms with van der Waals surface area (Å²) in [6.07, 6.45) is 3.86. The van der Waals surface area contributed by atoms with E-state index in [9.17, 15) is 14.9 Å². The molecule has 1 aromatic heterocycles. The molecule has 0 bridgehead atoms. The molecule has 0 aliphatic heterocycles. The highest BCUT2D eigenvalue weighted by molar-refractivity contribution is 5.76. The number of benzene rings is 2. The van der Waals surface area contributed by atoms with Crippen LogP contribution in [0.3, 0.4) is 0 Å². The molecular formula is C20H21N5O3. The Kier molecular flexibility index (Phi) is 6.01. The number of amides is 1. The summed E-state index contributed by atoms with van der Waals surface area (Å²) < 4.78 is 1.77. The molecule has 0 radical (unpaired) electrons. The van der Waals surface area contributed by atoms with Gasteiger partial charge < -0.3 is 10.2 Å². The lowest BCUT2D eigenvalue weighted by atomic mass is 10.2. The van der Waals surface area contributed by atoms with Crippen molar-refractivity contribution in [3.8, 4) is 5.69 Å². The van der Waals surface area contributed by atoms with Crippen LogP contribution in [-0.2, 0) is 11.3 Å². The van der Waals surface area contributed by atoms with E-state index in [2.05, 4.69) is 10.4 Å². The monoisotopic (exact) mass is 379 g/mol. The number of nitrogens with zero attached hydrogens (tertiary/aromatic N) is 4. The minimum Gasteiger partial charge on any atom is -0.379 e. The number of anilines is 1. The molecule has 0 aliphatic rings. The molecule has 2 aromatic carbocycles. The average molecular weight is 379 g/mol. The van der Waals surface area contributed by atoms with E-state index in [4.69, 9.17) is 0 Å². The lowest BCUT2D eigenvalue weighted by molar-refractivity contribution is -0.384. The van der Waals surface area contributed by atoms with Crippen molar-refractivity contribution < 1.29 is 9.72 Å². The number of nitro groups is 1. The molecule has 0 atom stereocenters. The summed E-state index contributed by atoms with van der Waals surface area (Å²) in [5.74, 6) is -0.0569. The van der Waals surface area contributed by atoms with Gasteiger partial charge in [0.25, 0.3) is 5.69 Å². The summed E-state index contributed by atoms with van der Waals surface area (Å²) in [4.78, 5) is 24.5. The van der Waals surface area contributed by atoms with Crippen molar-refractivity contribution >= 4 is 17.3 Å². The Hall–Kier alpha value is -3.68. The Morgan fingerprint density at radius 1 is 1.18 bits per heavy atom. The number of aromatic nitrogens is 2. The number of rotatable bonds is 8. The van der Waals surface area contributed by atoms with Crippen molar-refractivity contribution in [3.63, 3.8) is 0 Å². The molecule has 8 nitrogen and oxygen atoms in total. The van der Waals surface area contributed by atoms with Gasteiger partial charge in [0, 0.05) is 44.4 Å². The van der Waals surface area contributed by atoms with Gasteiger partial charge in [-0.2, -0.15) is 5.10 Å². The summed E-state index contributed by atoms with van der Waals surface area (Å²) in [6, 6.07) is 16.1. The highest BCUT2D eigenvalue weighted by Gasteiger charge is 2.14. The van der Waals surface area contributed by atoms with Crippen molar-refractivity contribution in [1.82, 2.24) is 14.7 Å². The molecular weight excluding hydrogens is 358 g/mol. The SMILES string of the molecule is CN(Cc1cnn(-c2ccccc2)c1)C(=O)CCNc1ccccc1[N+](=O)[O-]. The van der Waals surface area contributed by atoms with Gasteiger partial charge in [-0.1, -0.05) is 30.3 Å². The molecule has 28 heavy (non-hydrogen) atoms. The van der Waals surface area contributed by atoms with Crippen LogP contribution in [0, 0.1) is 10.1 Å². The first-order chi connectivity index (χ1) is 13.5. The fraction of sp³-hybridized carbons (Fsp3) is 0.200. The second-order valence-corrected chi connectivity index (χ2v) is 6.33. The third kappa shape index (κ3) is 4.73. The highest BCUT2D eigenvalue weighted by atomic mass is 16.6. The van der Waals surface area contributed by atoms with Crippen LogP contribution in [-0.4, -0.2) is 39.1 Å². The average Bonchev–Trinajstić information content (AvgIpc) is 3.17. The number of hydrogen-bond acceptors (Lipinski definition) is 5. The Labute approximate surface area is 162 Å². The van der Waals surface area contributed by atoms with Crippen LogP contribution in [0.2, 0.25) is 0 Å². The molecule has 0 unspecified atom stereocenters. The van der Waals surface area contributed by atoms with Crippen LogP contribution in [0.5, 0.6) is 0 Å². The van der Waals surface area contributed by atoms with Gasteiger partial charge in [-0.05, 0) is 18.2 Å². The van der Waals surface area contributed by atoms with Crippen LogP contribution < -0.4 is 5.32 Å². The van der Waals surface area contributed by atoms with Crippen molar-refractivity contribution in [2.24, 2.45) is 0 Å². The van der Waals surface area contributed by atoms with Crippen LogP contribution in [0.1, 0.15) is 12.0 Å². The molecule has 3 aromatic rings. The van der Waals surface area contributed by atoms with E-state index < -0.39 is 4.92 Å². The molecule has 144 valence electrons. The van der Waals surface area contributed by atoms with Gasteiger partial charge in [-0.3, -0.25) is 14.9 Å². The number of carbonyl (C=O) groups excluding carboxylic acids is 1. The third-order valence-corrected chi connectivity index (χ3v) is 4.26. The van der Waals surface area contributed by atoms with Crippen molar-refractivity contribution in [2.45, 2.75) is 13.0 Å². The third-order valence-electron chi connectivity index (χ3n) is 4.26. The molecule has 3 rings (SSSR count). The minimum absolute atomic E-state index is 0.00312. The second kappa shape index (κ2) is 8.81. The Morgan fingerprint density at radius 2 is 1.89 bits per heavy atom. The molecule has 0 spiro atoms. The van der Waals surface area contributed by atoms with Crippen molar-refractivity contribution in [2.75, 3.05) is 18.9 Å². The summed E-state index contributed by atoms with van der Waals surface area (Å²) in [6.45, 7) is 0.758. The Morgan fingerprint density at radius 3 is 2.64 bits per heavy atom. The predicted octanol–water partition coefficient (Wildman–Crippen LogP) is 3.24. The van der Waals surface area contributed by atoms with Crippen LogP contribution in [0.25, 0.3) is 5.69 Å². The van der Waals surface area contributed by atoms with Crippen molar-refractivity contribution in [1.29, 1.82) is 0 Å². The van der Waals surface area contributed by atoms with E-state index in [1.807, 2.05) is 36.5 Å². The van der Waals surface area contributed by atoms with Gasteiger partial charge in [0.1, 0.15) is 5.69 Å². The van der Waals surface area contributed by atoms with E-state index in [1.54, 1.807) is 41.0 Å². The molecule has 1 amide bonds. The van der Waals surface area contributed by atoms with Gasteiger partial charge in [0.2, 0.25) is 5.91 Å². The molecule has 8 heteroatoms. The first-order valence-corrected chi connectivity index (χ1v) is 8.85. The zero-order valence-electron chi connectivity index (χ0n) is 15.5. The first-order valence-electron chi connectivity index (χ1n) is 8.85.